The standard InChI is InChI=1S/C24H19F4N5O/c25-20-9-7-16(11-19(20)24(26,27)28)17-12-30-21(31-13-17)14-32-22(34)5-1-4-18-8-6-15-3-2-10-29-23(15)33-18/h2-3,6-13H,1,4-5,14H2,(H,32,34). The number of carbonyl (C=O) groups excluding carboxylic acids is 1. The molecule has 0 atom stereocenters. The quantitative estimate of drug-likeness (QED) is 0.390. The number of hydrogen-bond donors (Lipinski definition) is 1. The SMILES string of the molecule is O=C(CCCc1ccc2cccnc2n1)NCc1ncc(-c2ccc(F)c(C(F)(F)F)c2)cn1. The summed E-state index contributed by atoms with van der Waals surface area (Å²) in [6.07, 6.45) is 1.07. The molecular weight excluding hydrogens is 450 g/mol. The Kier molecular flexibility index (Phi) is 6.76. The van der Waals surface area contributed by atoms with Gasteiger partial charge in [-0.15, -0.1) is 0 Å². The minimum Gasteiger partial charge on any atom is -0.349 e. The molecule has 174 valence electrons. The lowest BCUT2D eigenvalue weighted by Crippen LogP contribution is -2.23. The van der Waals surface area contributed by atoms with E-state index in [1.165, 1.54) is 18.5 Å². The number of hydrogen-bond acceptors (Lipinski definition) is 5. The summed E-state index contributed by atoms with van der Waals surface area (Å²) in [7, 11) is 0. The molecule has 4 aromatic rings. The van der Waals surface area contributed by atoms with Gasteiger partial charge in [-0.3, -0.25) is 4.79 Å². The van der Waals surface area contributed by atoms with Gasteiger partial charge < -0.3 is 5.32 Å². The second kappa shape index (κ2) is 9.90. The number of alkyl halides is 3. The number of halogens is 4. The molecule has 0 spiro atoms. The molecule has 3 heterocycles. The van der Waals surface area contributed by atoms with Crippen molar-refractivity contribution < 1.29 is 22.4 Å². The van der Waals surface area contributed by atoms with Crippen LogP contribution in [0.3, 0.4) is 0 Å². The van der Waals surface area contributed by atoms with Crippen LogP contribution in [0.5, 0.6) is 0 Å². The molecule has 0 bridgehead atoms. The number of fused-ring (bicyclic) bond motifs is 1. The molecule has 0 aliphatic rings. The van der Waals surface area contributed by atoms with E-state index in [-0.39, 0.29) is 24.4 Å². The van der Waals surface area contributed by atoms with Crippen molar-refractivity contribution in [3.05, 3.63) is 84.0 Å². The van der Waals surface area contributed by atoms with E-state index in [4.69, 9.17) is 0 Å². The van der Waals surface area contributed by atoms with Gasteiger partial charge in [0, 0.05) is 41.7 Å². The Hall–Kier alpha value is -3.95. The molecule has 1 amide bonds. The van der Waals surface area contributed by atoms with Crippen LogP contribution >= 0.6 is 0 Å². The van der Waals surface area contributed by atoms with Gasteiger partial charge in [0.2, 0.25) is 5.91 Å². The van der Waals surface area contributed by atoms with Gasteiger partial charge in [0.05, 0.1) is 12.1 Å². The lowest BCUT2D eigenvalue weighted by molar-refractivity contribution is -0.140. The second-order valence-electron chi connectivity index (χ2n) is 7.56. The highest BCUT2D eigenvalue weighted by Gasteiger charge is 2.34. The summed E-state index contributed by atoms with van der Waals surface area (Å²) in [5.41, 5.74) is 0.615. The van der Waals surface area contributed by atoms with Crippen molar-refractivity contribution in [1.82, 2.24) is 25.3 Å². The number of nitrogens with one attached hydrogen (secondary N) is 1. The summed E-state index contributed by atoms with van der Waals surface area (Å²) in [5.74, 6) is -1.22. The maximum Gasteiger partial charge on any atom is 0.419 e. The molecule has 0 aliphatic heterocycles. The molecule has 0 unspecified atom stereocenters. The Morgan fingerprint density at radius 3 is 2.53 bits per heavy atom. The summed E-state index contributed by atoms with van der Waals surface area (Å²) in [6, 6.07) is 10.3. The van der Waals surface area contributed by atoms with Crippen molar-refractivity contribution in [3.8, 4) is 11.1 Å². The van der Waals surface area contributed by atoms with Gasteiger partial charge in [0.15, 0.2) is 5.65 Å². The fraction of sp³-hybridized carbons (Fsp3) is 0.208. The number of aromatic nitrogens is 4. The molecular formula is C24H19F4N5O. The molecule has 4 rings (SSSR count). The Morgan fingerprint density at radius 1 is 0.971 bits per heavy atom. The van der Waals surface area contributed by atoms with Gasteiger partial charge >= 0.3 is 6.18 Å². The van der Waals surface area contributed by atoms with Crippen LogP contribution in [0.2, 0.25) is 0 Å². The van der Waals surface area contributed by atoms with Crippen molar-refractivity contribution in [2.24, 2.45) is 0 Å². The topological polar surface area (TPSA) is 80.7 Å². The predicted molar refractivity (Wildman–Crippen MR) is 117 cm³/mol. The van der Waals surface area contributed by atoms with Crippen LogP contribution < -0.4 is 5.32 Å². The molecule has 6 nitrogen and oxygen atoms in total. The molecule has 10 heteroatoms. The normalized spacial score (nSPS) is 11.5. The molecule has 0 aliphatic carbocycles. The van der Waals surface area contributed by atoms with Crippen LogP contribution in [-0.2, 0) is 23.9 Å². The largest absolute Gasteiger partial charge is 0.419 e. The van der Waals surface area contributed by atoms with Crippen molar-refractivity contribution in [2.45, 2.75) is 32.0 Å². The molecule has 0 saturated heterocycles. The number of amides is 1. The minimum atomic E-state index is -4.80. The second-order valence-corrected chi connectivity index (χ2v) is 7.56. The molecule has 34 heavy (non-hydrogen) atoms. The maximum atomic E-state index is 13.5. The first-order valence-electron chi connectivity index (χ1n) is 10.4. The third kappa shape index (κ3) is 5.69. The van der Waals surface area contributed by atoms with E-state index in [1.807, 2.05) is 24.3 Å². The van der Waals surface area contributed by atoms with Crippen molar-refractivity contribution >= 4 is 16.9 Å². The number of aryl methyl sites for hydroxylation is 1. The van der Waals surface area contributed by atoms with Gasteiger partial charge in [0.1, 0.15) is 11.6 Å². The van der Waals surface area contributed by atoms with Gasteiger partial charge in [-0.2, -0.15) is 13.2 Å². The maximum absolute atomic E-state index is 13.5. The Labute approximate surface area is 192 Å². The molecule has 0 fully saturated rings. The summed E-state index contributed by atoms with van der Waals surface area (Å²) in [6.45, 7) is 0.0779. The highest BCUT2D eigenvalue weighted by atomic mass is 19.4. The minimum absolute atomic E-state index is 0.0779. The van der Waals surface area contributed by atoms with E-state index in [0.29, 0.717) is 29.9 Å². The zero-order valence-electron chi connectivity index (χ0n) is 17.8. The summed E-state index contributed by atoms with van der Waals surface area (Å²) in [4.78, 5) is 29.0. The van der Waals surface area contributed by atoms with Crippen molar-refractivity contribution in [1.29, 1.82) is 0 Å². The van der Waals surface area contributed by atoms with Gasteiger partial charge in [0.25, 0.3) is 0 Å². The Bertz CT molecular complexity index is 1310. The van der Waals surface area contributed by atoms with Gasteiger partial charge in [-0.05, 0) is 54.8 Å². The van der Waals surface area contributed by atoms with E-state index < -0.39 is 17.6 Å². The first kappa shape index (κ1) is 23.2. The van der Waals surface area contributed by atoms with Crippen LogP contribution in [0.1, 0.15) is 29.9 Å². The zero-order chi connectivity index (χ0) is 24.1. The lowest BCUT2D eigenvalue weighted by Gasteiger charge is -2.10. The number of carbonyl (C=O) groups is 1. The van der Waals surface area contributed by atoms with Crippen LogP contribution in [0, 0.1) is 5.82 Å². The smallest absolute Gasteiger partial charge is 0.349 e. The van der Waals surface area contributed by atoms with E-state index in [9.17, 15) is 22.4 Å². The van der Waals surface area contributed by atoms with Gasteiger partial charge in [-0.25, -0.2) is 24.3 Å². The van der Waals surface area contributed by atoms with Crippen molar-refractivity contribution in [3.63, 3.8) is 0 Å². The highest BCUT2D eigenvalue weighted by molar-refractivity contribution is 5.76. The fourth-order valence-electron chi connectivity index (χ4n) is 3.34. The van der Waals surface area contributed by atoms with Crippen molar-refractivity contribution in [2.75, 3.05) is 0 Å². The molecule has 3 aromatic heterocycles. The third-order valence-corrected chi connectivity index (χ3v) is 5.11. The molecule has 0 saturated carbocycles. The fourth-order valence-corrected chi connectivity index (χ4v) is 3.34. The monoisotopic (exact) mass is 469 g/mol. The Morgan fingerprint density at radius 2 is 1.76 bits per heavy atom. The Balaban J connectivity index is 1.28. The van der Waals surface area contributed by atoms with Crippen LogP contribution in [0.15, 0.2) is 61.1 Å². The highest BCUT2D eigenvalue weighted by Crippen LogP contribution is 2.34. The van der Waals surface area contributed by atoms with E-state index in [1.54, 1.807) is 6.20 Å². The number of benzene rings is 1. The zero-order valence-corrected chi connectivity index (χ0v) is 17.8. The van der Waals surface area contributed by atoms with E-state index in [0.717, 1.165) is 23.2 Å². The van der Waals surface area contributed by atoms with E-state index >= 15 is 0 Å². The van der Waals surface area contributed by atoms with Crippen LogP contribution in [0.25, 0.3) is 22.2 Å². The first-order chi connectivity index (χ1) is 16.3. The summed E-state index contributed by atoms with van der Waals surface area (Å²) >= 11 is 0. The number of pyridine rings is 2. The van der Waals surface area contributed by atoms with Crippen LogP contribution in [0.4, 0.5) is 17.6 Å². The first-order valence-corrected chi connectivity index (χ1v) is 10.4. The molecule has 1 N–H and O–H groups in total. The molecule has 1 aromatic carbocycles. The summed E-state index contributed by atoms with van der Waals surface area (Å²) in [5, 5.41) is 3.67. The average molecular weight is 469 g/mol. The van der Waals surface area contributed by atoms with Crippen LogP contribution in [-0.4, -0.2) is 25.8 Å². The lowest BCUT2D eigenvalue weighted by atomic mass is 10.1. The predicted octanol–water partition coefficient (Wildman–Crippen LogP) is 4.88. The molecule has 0 radical (unpaired) electrons. The van der Waals surface area contributed by atoms with Gasteiger partial charge in [-0.1, -0.05) is 6.07 Å². The van der Waals surface area contributed by atoms with E-state index in [2.05, 4.69) is 25.3 Å². The number of rotatable bonds is 7. The summed E-state index contributed by atoms with van der Waals surface area (Å²) < 4.78 is 52.2. The number of nitrogens with zero attached hydrogens (tertiary/aromatic N) is 4. The third-order valence-electron chi connectivity index (χ3n) is 5.11. The average Bonchev–Trinajstić information content (AvgIpc) is 2.82.